The van der Waals surface area contributed by atoms with Crippen LogP contribution in [0.25, 0.3) is 0 Å². The van der Waals surface area contributed by atoms with E-state index in [1.165, 1.54) is 44.1 Å². The summed E-state index contributed by atoms with van der Waals surface area (Å²) in [6.45, 7) is 10.9. The first kappa shape index (κ1) is 28.4. The molecule has 2 amide bonds. The van der Waals surface area contributed by atoms with Crippen LogP contribution < -0.4 is 10.6 Å². The molecule has 0 aliphatic rings. The molecule has 0 atom stereocenters. The first-order valence-electron chi connectivity index (χ1n) is 13.2. The topological polar surface area (TPSA) is 61.4 Å². The number of anilines is 2. The molecule has 0 aliphatic heterocycles. The SMILES string of the molecule is CCCCCCCCCCNC(=O)CN(C(=O)c1cccc(Nc2ccc(C)cc2)c1)C(C)(C)C. The Morgan fingerprint density at radius 3 is 2.09 bits per heavy atom. The zero-order chi connectivity index (χ0) is 25.7. The molecule has 0 bridgehead atoms. The second-order valence-electron chi connectivity index (χ2n) is 10.5. The average molecular weight is 480 g/mol. The van der Waals surface area contributed by atoms with E-state index in [0.29, 0.717) is 12.1 Å². The third-order valence-electron chi connectivity index (χ3n) is 6.16. The summed E-state index contributed by atoms with van der Waals surface area (Å²) in [7, 11) is 0. The summed E-state index contributed by atoms with van der Waals surface area (Å²) in [5, 5.41) is 6.36. The van der Waals surface area contributed by atoms with Gasteiger partial charge in [0.2, 0.25) is 5.91 Å². The Kier molecular flexibility index (Phi) is 11.8. The van der Waals surface area contributed by atoms with Crippen molar-refractivity contribution < 1.29 is 9.59 Å². The quantitative estimate of drug-likeness (QED) is 0.281. The van der Waals surface area contributed by atoms with Crippen LogP contribution in [0.3, 0.4) is 0 Å². The second kappa shape index (κ2) is 14.6. The van der Waals surface area contributed by atoms with Crippen LogP contribution >= 0.6 is 0 Å². The zero-order valence-corrected chi connectivity index (χ0v) is 22.5. The van der Waals surface area contributed by atoms with E-state index in [-0.39, 0.29) is 18.4 Å². The van der Waals surface area contributed by atoms with Crippen LogP contribution in [0.15, 0.2) is 48.5 Å². The molecule has 0 spiro atoms. The van der Waals surface area contributed by atoms with Crippen molar-refractivity contribution in [3.8, 4) is 0 Å². The predicted molar refractivity (Wildman–Crippen MR) is 147 cm³/mol. The number of aryl methyl sites for hydroxylation is 1. The van der Waals surface area contributed by atoms with Crippen LogP contribution in [0.4, 0.5) is 11.4 Å². The van der Waals surface area contributed by atoms with Gasteiger partial charge in [-0.2, -0.15) is 0 Å². The van der Waals surface area contributed by atoms with E-state index in [1.807, 2.05) is 63.2 Å². The smallest absolute Gasteiger partial charge is 0.254 e. The molecule has 0 unspecified atom stereocenters. The van der Waals surface area contributed by atoms with E-state index in [1.54, 1.807) is 11.0 Å². The normalized spacial score (nSPS) is 11.2. The standard InChI is InChI=1S/C30H45N3O2/c1-6-7-8-9-10-11-12-13-21-31-28(34)23-33(30(3,4)5)29(35)25-15-14-16-27(22-25)32-26-19-17-24(2)18-20-26/h14-20,22,32H,6-13,21,23H2,1-5H3,(H,31,34). The van der Waals surface area contributed by atoms with Gasteiger partial charge in [-0.15, -0.1) is 0 Å². The minimum Gasteiger partial charge on any atom is -0.356 e. The number of benzene rings is 2. The molecule has 0 aliphatic carbocycles. The fraction of sp³-hybridized carbons (Fsp3) is 0.533. The lowest BCUT2D eigenvalue weighted by atomic mass is 10.0. The van der Waals surface area contributed by atoms with Crippen molar-refractivity contribution in [2.45, 2.75) is 91.5 Å². The number of rotatable bonds is 14. The molecule has 0 heterocycles. The molecular weight excluding hydrogens is 434 g/mol. The number of nitrogens with one attached hydrogen (secondary N) is 2. The lowest BCUT2D eigenvalue weighted by Crippen LogP contribution is -2.50. The molecule has 2 aromatic rings. The molecule has 5 nitrogen and oxygen atoms in total. The van der Waals surface area contributed by atoms with Crippen molar-refractivity contribution in [1.82, 2.24) is 10.2 Å². The molecule has 2 rings (SSSR count). The summed E-state index contributed by atoms with van der Waals surface area (Å²) in [4.78, 5) is 27.7. The average Bonchev–Trinajstić information content (AvgIpc) is 2.82. The van der Waals surface area contributed by atoms with Gasteiger partial charge in [0, 0.05) is 29.0 Å². The maximum atomic E-state index is 13.4. The summed E-state index contributed by atoms with van der Waals surface area (Å²) >= 11 is 0. The molecule has 0 aromatic heterocycles. The Hall–Kier alpha value is -2.82. The van der Waals surface area contributed by atoms with E-state index in [2.05, 4.69) is 24.5 Å². The number of unbranched alkanes of at least 4 members (excludes halogenated alkanes) is 7. The zero-order valence-electron chi connectivity index (χ0n) is 22.5. The fourth-order valence-corrected chi connectivity index (χ4v) is 3.99. The van der Waals surface area contributed by atoms with Crippen LogP contribution in [-0.4, -0.2) is 35.3 Å². The van der Waals surface area contributed by atoms with Gasteiger partial charge in [-0.3, -0.25) is 9.59 Å². The first-order chi connectivity index (χ1) is 16.7. The van der Waals surface area contributed by atoms with Gasteiger partial charge in [-0.25, -0.2) is 0 Å². The molecule has 0 saturated heterocycles. The van der Waals surface area contributed by atoms with Crippen molar-refractivity contribution in [2.24, 2.45) is 0 Å². The number of amides is 2. The van der Waals surface area contributed by atoms with Gasteiger partial charge in [-0.1, -0.05) is 75.6 Å². The summed E-state index contributed by atoms with van der Waals surface area (Å²) in [6.07, 6.45) is 9.85. The van der Waals surface area contributed by atoms with Crippen LogP contribution in [0.1, 0.15) is 95.0 Å². The summed E-state index contributed by atoms with van der Waals surface area (Å²) in [5.41, 5.74) is 3.09. The minimum atomic E-state index is -0.479. The highest BCUT2D eigenvalue weighted by Crippen LogP contribution is 2.22. The highest BCUT2D eigenvalue weighted by Gasteiger charge is 2.29. The van der Waals surface area contributed by atoms with Gasteiger partial charge in [0.05, 0.1) is 0 Å². The van der Waals surface area contributed by atoms with Gasteiger partial charge in [-0.05, 0) is 64.4 Å². The lowest BCUT2D eigenvalue weighted by Gasteiger charge is -2.35. The van der Waals surface area contributed by atoms with Gasteiger partial charge in [0.1, 0.15) is 6.54 Å². The van der Waals surface area contributed by atoms with Crippen LogP contribution in [-0.2, 0) is 4.79 Å². The van der Waals surface area contributed by atoms with Crippen LogP contribution in [0, 0.1) is 6.92 Å². The molecule has 0 radical (unpaired) electrons. The second-order valence-corrected chi connectivity index (χ2v) is 10.5. The van der Waals surface area contributed by atoms with Crippen molar-refractivity contribution in [3.63, 3.8) is 0 Å². The number of hydrogen-bond acceptors (Lipinski definition) is 3. The van der Waals surface area contributed by atoms with Crippen LogP contribution in [0.2, 0.25) is 0 Å². The summed E-state index contributed by atoms with van der Waals surface area (Å²) in [5.74, 6) is -0.252. The summed E-state index contributed by atoms with van der Waals surface area (Å²) in [6, 6.07) is 15.6. The number of carbonyl (C=O) groups is 2. The molecule has 0 fully saturated rings. The largest absolute Gasteiger partial charge is 0.356 e. The molecule has 2 aromatic carbocycles. The minimum absolute atomic E-state index is 0.0506. The molecule has 192 valence electrons. The maximum Gasteiger partial charge on any atom is 0.254 e. The summed E-state index contributed by atoms with van der Waals surface area (Å²) < 4.78 is 0. The Labute approximate surface area is 212 Å². The maximum absolute atomic E-state index is 13.4. The highest BCUT2D eigenvalue weighted by molar-refractivity contribution is 5.98. The first-order valence-corrected chi connectivity index (χ1v) is 13.2. The molecule has 2 N–H and O–H groups in total. The highest BCUT2D eigenvalue weighted by atomic mass is 16.2. The lowest BCUT2D eigenvalue weighted by molar-refractivity contribution is -0.122. The van der Waals surface area contributed by atoms with E-state index in [9.17, 15) is 9.59 Å². The van der Waals surface area contributed by atoms with Gasteiger partial charge >= 0.3 is 0 Å². The van der Waals surface area contributed by atoms with Crippen molar-refractivity contribution in [2.75, 3.05) is 18.4 Å². The Morgan fingerprint density at radius 1 is 0.829 bits per heavy atom. The number of carbonyl (C=O) groups excluding carboxylic acids is 2. The van der Waals surface area contributed by atoms with E-state index in [0.717, 1.165) is 24.2 Å². The van der Waals surface area contributed by atoms with E-state index in [4.69, 9.17) is 0 Å². The third kappa shape index (κ3) is 10.5. The predicted octanol–water partition coefficient (Wildman–Crippen LogP) is 7.24. The van der Waals surface area contributed by atoms with E-state index >= 15 is 0 Å². The number of hydrogen-bond donors (Lipinski definition) is 2. The van der Waals surface area contributed by atoms with E-state index < -0.39 is 5.54 Å². The van der Waals surface area contributed by atoms with Crippen LogP contribution in [0.5, 0.6) is 0 Å². The van der Waals surface area contributed by atoms with Gasteiger partial charge < -0.3 is 15.5 Å². The monoisotopic (exact) mass is 479 g/mol. The number of nitrogens with zero attached hydrogens (tertiary/aromatic N) is 1. The Morgan fingerprint density at radius 2 is 1.46 bits per heavy atom. The van der Waals surface area contributed by atoms with Crippen molar-refractivity contribution >= 4 is 23.2 Å². The fourth-order valence-electron chi connectivity index (χ4n) is 3.99. The Balaban J connectivity index is 1.89. The van der Waals surface area contributed by atoms with Gasteiger partial charge in [0.25, 0.3) is 5.91 Å². The molecule has 5 heteroatoms. The third-order valence-corrected chi connectivity index (χ3v) is 6.16. The van der Waals surface area contributed by atoms with Crippen molar-refractivity contribution in [3.05, 3.63) is 59.7 Å². The Bertz CT molecular complexity index is 916. The molecular formula is C30H45N3O2. The van der Waals surface area contributed by atoms with Gasteiger partial charge in [0.15, 0.2) is 0 Å². The molecule has 0 saturated carbocycles. The van der Waals surface area contributed by atoms with Crippen molar-refractivity contribution in [1.29, 1.82) is 0 Å². The molecule has 35 heavy (non-hydrogen) atoms.